The van der Waals surface area contributed by atoms with Gasteiger partial charge in [0.1, 0.15) is 11.8 Å². The minimum atomic E-state index is -4.69. The maximum absolute atomic E-state index is 13.9. The van der Waals surface area contributed by atoms with E-state index in [0.717, 1.165) is 46.4 Å². The van der Waals surface area contributed by atoms with Crippen LogP contribution < -0.4 is 15.1 Å². The molecule has 0 saturated carbocycles. The molecule has 0 spiro atoms. The van der Waals surface area contributed by atoms with Crippen LogP contribution in [-0.4, -0.2) is 27.5 Å². The van der Waals surface area contributed by atoms with E-state index in [2.05, 4.69) is 5.32 Å². The predicted molar refractivity (Wildman–Crippen MR) is 154 cm³/mol. The summed E-state index contributed by atoms with van der Waals surface area (Å²) in [5.41, 5.74) is 0.714. The lowest BCUT2D eigenvalue weighted by molar-refractivity contribution is -0.137. The van der Waals surface area contributed by atoms with Gasteiger partial charge in [0, 0.05) is 10.8 Å². The molecule has 0 unspecified atom stereocenters. The van der Waals surface area contributed by atoms with E-state index in [1.165, 1.54) is 21.6 Å². The Morgan fingerprint density at radius 3 is 2.26 bits per heavy atom. The van der Waals surface area contributed by atoms with Gasteiger partial charge in [-0.25, -0.2) is 4.90 Å². The van der Waals surface area contributed by atoms with Crippen molar-refractivity contribution < 1.29 is 27.6 Å². The summed E-state index contributed by atoms with van der Waals surface area (Å²) in [7, 11) is 0. The molecule has 7 nitrogen and oxygen atoms in total. The fourth-order valence-corrected chi connectivity index (χ4v) is 8.17. The largest absolute Gasteiger partial charge is 0.418 e. The quantitative estimate of drug-likeness (QED) is 0.295. The lowest BCUT2D eigenvalue weighted by Crippen LogP contribution is -2.33. The Bertz CT molecular complexity index is 1770. The number of hydrogen-bond acceptors (Lipinski definition) is 6. The molecule has 2 aliphatic heterocycles. The highest BCUT2D eigenvalue weighted by Gasteiger charge is 2.56. The van der Waals surface area contributed by atoms with Crippen LogP contribution in [0.4, 0.5) is 24.5 Å². The van der Waals surface area contributed by atoms with Gasteiger partial charge in [-0.3, -0.25) is 23.7 Å². The van der Waals surface area contributed by atoms with Crippen molar-refractivity contribution >= 4 is 52.2 Å². The van der Waals surface area contributed by atoms with Crippen LogP contribution in [-0.2, 0) is 27.1 Å². The number of carbonyl (C=O) groups is 3. The fraction of sp³-hybridized carbons (Fsp3) is 0.200. The van der Waals surface area contributed by atoms with Gasteiger partial charge in [-0.05, 0) is 36.8 Å². The molecule has 4 aromatic rings. The van der Waals surface area contributed by atoms with Crippen LogP contribution in [0, 0.1) is 12.8 Å². The van der Waals surface area contributed by atoms with Gasteiger partial charge in [-0.1, -0.05) is 83.3 Å². The molecular formula is C30H22F3N3O4S2. The maximum Gasteiger partial charge on any atom is 0.418 e. The molecule has 0 bridgehead atoms. The summed E-state index contributed by atoms with van der Waals surface area (Å²) >= 11 is 1.92. The highest BCUT2D eigenvalue weighted by atomic mass is 32.2. The van der Waals surface area contributed by atoms with Crippen molar-refractivity contribution in [2.75, 3.05) is 10.2 Å². The lowest BCUT2D eigenvalue weighted by Gasteiger charge is -2.30. The molecule has 6 rings (SSSR count). The summed E-state index contributed by atoms with van der Waals surface area (Å²) in [6.45, 7) is 1.33. The normalized spacial score (nSPS) is 19.9. The van der Waals surface area contributed by atoms with E-state index in [1.54, 1.807) is 24.3 Å². The van der Waals surface area contributed by atoms with Crippen LogP contribution in [0.2, 0.25) is 0 Å². The Hall–Kier alpha value is -4.16. The fourth-order valence-electron chi connectivity index (χ4n) is 5.40. The summed E-state index contributed by atoms with van der Waals surface area (Å²) in [4.78, 5) is 55.0. The van der Waals surface area contributed by atoms with E-state index in [9.17, 15) is 32.3 Å². The molecule has 1 saturated heterocycles. The Labute approximate surface area is 246 Å². The van der Waals surface area contributed by atoms with E-state index in [-0.39, 0.29) is 5.91 Å². The topological polar surface area (TPSA) is 88.5 Å². The predicted octanol–water partition coefficient (Wildman–Crippen LogP) is 5.67. The zero-order valence-corrected chi connectivity index (χ0v) is 23.6. The molecule has 1 fully saturated rings. The van der Waals surface area contributed by atoms with E-state index < -0.39 is 57.7 Å². The van der Waals surface area contributed by atoms with Crippen molar-refractivity contribution in [3.63, 3.8) is 0 Å². The number of aromatic nitrogens is 1. The molecule has 12 heteroatoms. The first kappa shape index (κ1) is 28.0. The van der Waals surface area contributed by atoms with Gasteiger partial charge in [0.25, 0.3) is 0 Å². The number of nitrogens with one attached hydrogen (secondary N) is 1. The van der Waals surface area contributed by atoms with Crippen LogP contribution in [0.3, 0.4) is 0 Å². The van der Waals surface area contributed by atoms with Crippen molar-refractivity contribution in [1.29, 1.82) is 0 Å². The van der Waals surface area contributed by atoms with E-state index >= 15 is 0 Å². The molecule has 1 aromatic heterocycles. The molecule has 3 heterocycles. The van der Waals surface area contributed by atoms with E-state index in [1.807, 2.05) is 37.3 Å². The highest BCUT2D eigenvalue weighted by molar-refractivity contribution is 8.00. The number of imide groups is 1. The number of anilines is 2. The third kappa shape index (κ3) is 4.84. The molecule has 3 atom stereocenters. The third-order valence-corrected chi connectivity index (χ3v) is 9.91. The Kier molecular flexibility index (Phi) is 7.06. The Balaban J connectivity index is 1.38. The molecule has 2 aliphatic rings. The number of rotatable bonds is 5. The SMILES string of the molecule is Cc1ccc(N2C(=O)[C@H]3[C@H](c4ccccc4)c4sc(=O)n(CC(=O)Nc5ccccc5C(F)(F)F)c4S[C@H]3C2=O)cc1. The highest BCUT2D eigenvalue weighted by Crippen LogP contribution is 2.53. The summed E-state index contributed by atoms with van der Waals surface area (Å²) in [5.74, 6) is -3.07. The Morgan fingerprint density at radius 2 is 1.57 bits per heavy atom. The molecule has 0 radical (unpaired) electrons. The molecule has 3 aromatic carbocycles. The van der Waals surface area contributed by atoms with Crippen molar-refractivity contribution in [2.24, 2.45) is 5.92 Å². The zero-order chi connectivity index (χ0) is 29.8. The number of fused-ring (bicyclic) bond motifs is 2. The van der Waals surface area contributed by atoms with Crippen LogP contribution in [0.5, 0.6) is 0 Å². The molecular weight excluding hydrogens is 587 g/mol. The molecule has 3 amide bonds. The first-order chi connectivity index (χ1) is 20.0. The van der Waals surface area contributed by atoms with Crippen LogP contribution in [0.25, 0.3) is 0 Å². The number of nitrogens with zero attached hydrogens (tertiary/aromatic N) is 2. The number of halogens is 3. The standard InChI is InChI=1S/C30H22F3N3O4S2/c1-16-11-13-18(14-12-16)36-26(38)23-22(17-7-3-2-4-8-17)25-28(41-24(23)27(36)39)35(29(40)42-25)15-21(37)34-20-10-6-5-9-19(20)30(31,32)33/h2-14,22-24H,15H2,1H3,(H,34,37)/t22-,23-,24+/m0/s1. The van der Waals surface area contributed by atoms with Gasteiger partial charge in [0.15, 0.2) is 0 Å². The van der Waals surface area contributed by atoms with Gasteiger partial charge in [0.05, 0.1) is 27.9 Å². The summed E-state index contributed by atoms with van der Waals surface area (Å²) in [6, 6.07) is 20.7. The number of hydrogen-bond donors (Lipinski definition) is 1. The van der Waals surface area contributed by atoms with Gasteiger partial charge in [-0.15, -0.1) is 0 Å². The third-order valence-electron chi connectivity index (χ3n) is 7.31. The summed E-state index contributed by atoms with van der Waals surface area (Å²) in [6.07, 6.45) is -4.69. The molecule has 0 aliphatic carbocycles. The van der Waals surface area contributed by atoms with Crippen LogP contribution >= 0.6 is 23.1 Å². The second-order valence-electron chi connectivity index (χ2n) is 10.0. The number of alkyl halides is 3. The monoisotopic (exact) mass is 609 g/mol. The smallest absolute Gasteiger partial charge is 0.324 e. The first-order valence-electron chi connectivity index (χ1n) is 12.9. The van der Waals surface area contributed by atoms with Crippen LogP contribution in [0.15, 0.2) is 88.7 Å². The van der Waals surface area contributed by atoms with Gasteiger partial charge in [0.2, 0.25) is 17.7 Å². The summed E-state index contributed by atoms with van der Waals surface area (Å²) < 4.78 is 41.6. The second-order valence-corrected chi connectivity index (χ2v) is 12.1. The van der Waals surface area contributed by atoms with Crippen LogP contribution in [0.1, 0.15) is 27.5 Å². The molecule has 214 valence electrons. The van der Waals surface area contributed by atoms with Crippen molar-refractivity contribution in [3.8, 4) is 0 Å². The summed E-state index contributed by atoms with van der Waals surface area (Å²) in [5, 5.41) is 1.76. The van der Waals surface area contributed by atoms with Gasteiger partial charge in [-0.2, -0.15) is 13.2 Å². The zero-order valence-electron chi connectivity index (χ0n) is 21.9. The number of para-hydroxylation sites is 1. The van der Waals surface area contributed by atoms with E-state index in [4.69, 9.17) is 0 Å². The van der Waals surface area contributed by atoms with Gasteiger partial charge >= 0.3 is 11.0 Å². The lowest BCUT2D eigenvalue weighted by atomic mass is 9.83. The first-order valence-corrected chi connectivity index (χ1v) is 14.6. The minimum absolute atomic E-state index is 0.353. The number of aryl methyl sites for hydroxylation is 1. The molecule has 42 heavy (non-hydrogen) atoms. The number of carbonyl (C=O) groups excluding carboxylic acids is 3. The van der Waals surface area contributed by atoms with Crippen molar-refractivity contribution in [2.45, 2.75) is 35.8 Å². The number of thioether (sulfide) groups is 1. The van der Waals surface area contributed by atoms with Gasteiger partial charge < -0.3 is 5.32 Å². The molecule has 1 N–H and O–H groups in total. The number of amides is 3. The minimum Gasteiger partial charge on any atom is -0.324 e. The number of benzene rings is 3. The number of thiazole rings is 1. The van der Waals surface area contributed by atoms with Crippen molar-refractivity contribution in [3.05, 3.63) is 110 Å². The maximum atomic E-state index is 13.9. The van der Waals surface area contributed by atoms with E-state index in [0.29, 0.717) is 15.6 Å². The van der Waals surface area contributed by atoms with Crippen molar-refractivity contribution in [1.82, 2.24) is 4.57 Å². The average Bonchev–Trinajstić information content (AvgIpc) is 3.40. The Morgan fingerprint density at radius 1 is 0.905 bits per heavy atom. The average molecular weight is 610 g/mol. The second kappa shape index (κ2) is 10.6.